The molecule has 0 bridgehead atoms. The molecule has 4 nitrogen and oxygen atoms in total. The van der Waals surface area contributed by atoms with E-state index in [0.717, 1.165) is 12.2 Å². The van der Waals surface area contributed by atoms with Crippen molar-refractivity contribution in [3.63, 3.8) is 0 Å². The second kappa shape index (κ2) is 7.56. The highest BCUT2D eigenvalue weighted by molar-refractivity contribution is 5.73. The predicted molar refractivity (Wildman–Crippen MR) is 63.6 cm³/mol. The molecular formula is C12H18N2O2. The zero-order chi connectivity index (χ0) is 11.6. The van der Waals surface area contributed by atoms with Gasteiger partial charge >= 0.3 is 6.03 Å². The van der Waals surface area contributed by atoms with Crippen molar-refractivity contribution < 1.29 is 9.53 Å². The van der Waals surface area contributed by atoms with Gasteiger partial charge in [0.15, 0.2) is 0 Å². The van der Waals surface area contributed by atoms with Crippen molar-refractivity contribution >= 4 is 6.03 Å². The van der Waals surface area contributed by atoms with Gasteiger partial charge in [-0.05, 0) is 18.6 Å². The van der Waals surface area contributed by atoms with E-state index >= 15 is 0 Å². The van der Waals surface area contributed by atoms with Crippen LogP contribution in [0.15, 0.2) is 30.3 Å². The Hall–Kier alpha value is -1.71. The van der Waals surface area contributed by atoms with Gasteiger partial charge in [-0.1, -0.05) is 25.1 Å². The number of carbonyl (C=O) groups excluding carboxylic acids is 1. The molecule has 4 heteroatoms. The lowest BCUT2D eigenvalue weighted by Gasteiger charge is -2.08. The Morgan fingerprint density at radius 3 is 2.56 bits per heavy atom. The molecule has 0 heterocycles. The zero-order valence-electron chi connectivity index (χ0n) is 9.53. The van der Waals surface area contributed by atoms with E-state index < -0.39 is 0 Å². The minimum Gasteiger partial charge on any atom is -0.492 e. The molecule has 1 rings (SSSR count). The number of nitrogens with one attached hydrogen (secondary N) is 2. The summed E-state index contributed by atoms with van der Waals surface area (Å²) in [6.07, 6.45) is 0.938. The largest absolute Gasteiger partial charge is 0.492 e. The Morgan fingerprint density at radius 1 is 1.19 bits per heavy atom. The Bertz CT molecular complexity index is 301. The fourth-order valence-corrected chi connectivity index (χ4v) is 1.15. The third-order valence-corrected chi connectivity index (χ3v) is 1.94. The molecule has 16 heavy (non-hydrogen) atoms. The molecule has 0 spiro atoms. The van der Waals surface area contributed by atoms with Gasteiger partial charge in [0.05, 0.1) is 6.54 Å². The average molecular weight is 222 g/mol. The summed E-state index contributed by atoms with van der Waals surface area (Å²) in [6.45, 7) is 3.69. The molecule has 0 saturated heterocycles. The van der Waals surface area contributed by atoms with E-state index in [1.165, 1.54) is 0 Å². The summed E-state index contributed by atoms with van der Waals surface area (Å²) in [7, 11) is 0. The SMILES string of the molecule is CCCNC(=O)NCCOc1ccccc1. The average Bonchev–Trinajstić information content (AvgIpc) is 2.33. The fourth-order valence-electron chi connectivity index (χ4n) is 1.15. The smallest absolute Gasteiger partial charge is 0.314 e. The molecule has 0 radical (unpaired) electrons. The summed E-state index contributed by atoms with van der Waals surface area (Å²) in [5.41, 5.74) is 0. The van der Waals surface area contributed by atoms with Crippen molar-refractivity contribution in [1.82, 2.24) is 10.6 Å². The van der Waals surface area contributed by atoms with Crippen LogP contribution in [0.25, 0.3) is 0 Å². The molecular weight excluding hydrogens is 204 g/mol. The van der Waals surface area contributed by atoms with Crippen molar-refractivity contribution in [2.24, 2.45) is 0 Å². The molecule has 0 saturated carbocycles. The zero-order valence-corrected chi connectivity index (χ0v) is 9.53. The molecule has 0 aromatic heterocycles. The maximum Gasteiger partial charge on any atom is 0.314 e. The van der Waals surface area contributed by atoms with Crippen molar-refractivity contribution in [3.8, 4) is 5.75 Å². The van der Waals surface area contributed by atoms with E-state index in [0.29, 0.717) is 19.7 Å². The van der Waals surface area contributed by atoms with Gasteiger partial charge in [0.25, 0.3) is 0 Å². The van der Waals surface area contributed by atoms with Gasteiger partial charge in [-0.15, -0.1) is 0 Å². The Balaban J connectivity index is 2.06. The molecule has 0 aliphatic heterocycles. The maximum absolute atomic E-state index is 11.1. The molecule has 0 atom stereocenters. The predicted octanol–water partition coefficient (Wildman–Crippen LogP) is 1.77. The number of urea groups is 1. The van der Waals surface area contributed by atoms with Crippen LogP contribution in [0.1, 0.15) is 13.3 Å². The molecule has 0 fully saturated rings. The molecule has 0 aliphatic carbocycles. The monoisotopic (exact) mass is 222 g/mol. The number of hydrogen-bond acceptors (Lipinski definition) is 2. The van der Waals surface area contributed by atoms with Crippen LogP contribution >= 0.6 is 0 Å². The molecule has 88 valence electrons. The minimum atomic E-state index is -0.140. The maximum atomic E-state index is 11.1. The second-order valence-corrected chi connectivity index (χ2v) is 3.34. The number of amides is 2. The standard InChI is InChI=1S/C12H18N2O2/c1-2-8-13-12(15)14-9-10-16-11-6-4-3-5-7-11/h3-7H,2,8-10H2,1H3,(H2,13,14,15). The first-order chi connectivity index (χ1) is 7.83. The third-order valence-electron chi connectivity index (χ3n) is 1.94. The number of ether oxygens (including phenoxy) is 1. The van der Waals surface area contributed by atoms with Gasteiger partial charge in [0.2, 0.25) is 0 Å². The van der Waals surface area contributed by atoms with E-state index in [1.807, 2.05) is 37.3 Å². The van der Waals surface area contributed by atoms with Crippen LogP contribution in [0.4, 0.5) is 4.79 Å². The molecule has 2 amide bonds. The number of hydrogen-bond donors (Lipinski definition) is 2. The van der Waals surface area contributed by atoms with Crippen LogP contribution in [0.5, 0.6) is 5.75 Å². The van der Waals surface area contributed by atoms with Crippen molar-refractivity contribution in [2.75, 3.05) is 19.7 Å². The summed E-state index contributed by atoms with van der Waals surface area (Å²) in [5.74, 6) is 0.818. The van der Waals surface area contributed by atoms with Gasteiger partial charge < -0.3 is 15.4 Å². The highest BCUT2D eigenvalue weighted by Crippen LogP contribution is 2.07. The quantitative estimate of drug-likeness (QED) is 0.721. The van der Waals surface area contributed by atoms with Crippen LogP contribution in [0.2, 0.25) is 0 Å². The molecule has 1 aromatic rings. The lowest BCUT2D eigenvalue weighted by molar-refractivity contribution is 0.236. The van der Waals surface area contributed by atoms with Gasteiger partial charge in [-0.3, -0.25) is 0 Å². The minimum absolute atomic E-state index is 0.140. The topological polar surface area (TPSA) is 50.4 Å². The fraction of sp³-hybridized carbons (Fsp3) is 0.417. The van der Waals surface area contributed by atoms with E-state index in [4.69, 9.17) is 4.74 Å². The molecule has 1 aromatic carbocycles. The van der Waals surface area contributed by atoms with Crippen molar-refractivity contribution in [2.45, 2.75) is 13.3 Å². The summed E-state index contributed by atoms with van der Waals surface area (Å²) < 4.78 is 5.42. The van der Waals surface area contributed by atoms with Crippen molar-refractivity contribution in [3.05, 3.63) is 30.3 Å². The lowest BCUT2D eigenvalue weighted by Crippen LogP contribution is -2.37. The van der Waals surface area contributed by atoms with E-state index in [9.17, 15) is 4.79 Å². The second-order valence-electron chi connectivity index (χ2n) is 3.34. The Morgan fingerprint density at radius 2 is 1.88 bits per heavy atom. The van der Waals surface area contributed by atoms with Crippen LogP contribution in [0, 0.1) is 0 Å². The van der Waals surface area contributed by atoms with Gasteiger partial charge in [0.1, 0.15) is 12.4 Å². The van der Waals surface area contributed by atoms with Crippen LogP contribution < -0.4 is 15.4 Å². The highest BCUT2D eigenvalue weighted by atomic mass is 16.5. The number of para-hydroxylation sites is 1. The number of benzene rings is 1. The first kappa shape index (κ1) is 12.4. The van der Waals surface area contributed by atoms with Gasteiger partial charge in [0, 0.05) is 6.54 Å². The van der Waals surface area contributed by atoms with E-state index in [2.05, 4.69) is 10.6 Å². The molecule has 0 unspecified atom stereocenters. The molecule has 0 aliphatic rings. The highest BCUT2D eigenvalue weighted by Gasteiger charge is 1.97. The van der Waals surface area contributed by atoms with E-state index in [-0.39, 0.29) is 6.03 Å². The van der Waals surface area contributed by atoms with Gasteiger partial charge in [-0.2, -0.15) is 0 Å². The van der Waals surface area contributed by atoms with Gasteiger partial charge in [-0.25, -0.2) is 4.79 Å². The van der Waals surface area contributed by atoms with Crippen LogP contribution in [-0.2, 0) is 0 Å². The van der Waals surface area contributed by atoms with Crippen LogP contribution in [0.3, 0.4) is 0 Å². The number of rotatable bonds is 6. The lowest BCUT2D eigenvalue weighted by atomic mass is 10.3. The van der Waals surface area contributed by atoms with Crippen molar-refractivity contribution in [1.29, 1.82) is 0 Å². The van der Waals surface area contributed by atoms with Crippen LogP contribution in [-0.4, -0.2) is 25.7 Å². The molecule has 2 N–H and O–H groups in total. The normalized spacial score (nSPS) is 9.56. The summed E-state index contributed by atoms with van der Waals surface area (Å²) in [5, 5.41) is 5.44. The summed E-state index contributed by atoms with van der Waals surface area (Å²) in [4.78, 5) is 11.1. The Kier molecular flexibility index (Phi) is 5.84. The Labute approximate surface area is 96.0 Å². The van der Waals surface area contributed by atoms with E-state index in [1.54, 1.807) is 0 Å². The first-order valence-corrected chi connectivity index (χ1v) is 5.52. The first-order valence-electron chi connectivity index (χ1n) is 5.52. The number of carbonyl (C=O) groups is 1. The summed E-state index contributed by atoms with van der Waals surface area (Å²) >= 11 is 0. The third kappa shape index (κ3) is 5.24. The summed E-state index contributed by atoms with van der Waals surface area (Å²) in [6, 6.07) is 9.39.